The minimum Gasteiger partial charge on any atom is -0.452 e. The van der Waals surface area contributed by atoms with Crippen molar-refractivity contribution in [2.24, 2.45) is 0 Å². The van der Waals surface area contributed by atoms with E-state index in [2.05, 4.69) is 10.6 Å². The summed E-state index contributed by atoms with van der Waals surface area (Å²) in [4.78, 5) is 37.7. The molecule has 0 saturated heterocycles. The van der Waals surface area contributed by atoms with Crippen LogP contribution in [0.15, 0.2) is 109 Å². The van der Waals surface area contributed by atoms with Crippen molar-refractivity contribution < 1.29 is 19.1 Å². The molecular weight excluding hydrogens is 428 g/mol. The number of hydrogen-bond donors (Lipinski definition) is 2. The van der Waals surface area contributed by atoms with Gasteiger partial charge in [-0.3, -0.25) is 9.59 Å². The highest BCUT2D eigenvalue weighted by atomic mass is 16.5. The van der Waals surface area contributed by atoms with Crippen LogP contribution in [0.5, 0.6) is 0 Å². The topological polar surface area (TPSA) is 84.5 Å². The second-order valence-electron chi connectivity index (χ2n) is 7.40. The van der Waals surface area contributed by atoms with Crippen molar-refractivity contribution >= 4 is 29.2 Å². The number of carbonyl (C=O) groups excluding carboxylic acids is 3. The van der Waals surface area contributed by atoms with Gasteiger partial charge < -0.3 is 15.4 Å². The number of carbonyl (C=O) groups is 3. The molecule has 0 heterocycles. The fourth-order valence-corrected chi connectivity index (χ4v) is 3.41. The molecule has 4 aromatic carbocycles. The van der Waals surface area contributed by atoms with Crippen LogP contribution < -0.4 is 10.6 Å². The van der Waals surface area contributed by atoms with E-state index in [1.165, 1.54) is 6.07 Å². The van der Waals surface area contributed by atoms with Crippen LogP contribution in [0.1, 0.15) is 20.7 Å². The third-order valence-electron chi connectivity index (χ3n) is 5.05. The van der Waals surface area contributed by atoms with Crippen LogP contribution in [0.25, 0.3) is 11.1 Å². The molecule has 168 valence electrons. The summed E-state index contributed by atoms with van der Waals surface area (Å²) >= 11 is 0. The molecule has 2 amide bonds. The predicted molar refractivity (Wildman–Crippen MR) is 132 cm³/mol. The highest BCUT2D eigenvalue weighted by Crippen LogP contribution is 2.27. The molecule has 0 aromatic heterocycles. The minimum absolute atomic E-state index is 0.157. The Morgan fingerprint density at radius 1 is 0.618 bits per heavy atom. The molecule has 0 bridgehead atoms. The summed E-state index contributed by atoms with van der Waals surface area (Å²) in [5.41, 5.74) is 3.35. The third kappa shape index (κ3) is 5.55. The van der Waals surface area contributed by atoms with Gasteiger partial charge in [-0.1, -0.05) is 78.9 Å². The van der Waals surface area contributed by atoms with Crippen LogP contribution in [0, 0.1) is 0 Å². The summed E-state index contributed by atoms with van der Waals surface area (Å²) in [6.07, 6.45) is 0. The number of esters is 1. The molecule has 0 aliphatic rings. The van der Waals surface area contributed by atoms with Crippen molar-refractivity contribution in [2.45, 2.75) is 0 Å². The van der Waals surface area contributed by atoms with Gasteiger partial charge in [-0.05, 0) is 35.9 Å². The molecule has 6 nitrogen and oxygen atoms in total. The number of para-hydroxylation sites is 2. The van der Waals surface area contributed by atoms with Crippen molar-refractivity contribution in [3.05, 3.63) is 120 Å². The largest absolute Gasteiger partial charge is 0.452 e. The van der Waals surface area contributed by atoms with Gasteiger partial charge in [0.25, 0.3) is 11.8 Å². The summed E-state index contributed by atoms with van der Waals surface area (Å²) < 4.78 is 5.23. The molecule has 0 radical (unpaired) electrons. The van der Waals surface area contributed by atoms with Gasteiger partial charge in [0.1, 0.15) is 0 Å². The first-order valence-corrected chi connectivity index (χ1v) is 10.7. The maximum Gasteiger partial charge on any atom is 0.340 e. The number of hydrogen-bond acceptors (Lipinski definition) is 4. The molecule has 0 fully saturated rings. The Bertz CT molecular complexity index is 1300. The lowest BCUT2D eigenvalue weighted by Gasteiger charge is -2.13. The third-order valence-corrected chi connectivity index (χ3v) is 5.05. The second-order valence-corrected chi connectivity index (χ2v) is 7.40. The van der Waals surface area contributed by atoms with E-state index < -0.39 is 18.5 Å². The van der Waals surface area contributed by atoms with Gasteiger partial charge in [0.2, 0.25) is 0 Å². The molecular formula is C28H22N2O4. The first-order chi connectivity index (χ1) is 16.6. The van der Waals surface area contributed by atoms with E-state index in [1.54, 1.807) is 48.5 Å². The molecule has 2 N–H and O–H groups in total. The quantitative estimate of drug-likeness (QED) is 0.369. The summed E-state index contributed by atoms with van der Waals surface area (Å²) in [7, 11) is 0. The van der Waals surface area contributed by atoms with Crippen LogP contribution >= 0.6 is 0 Å². The maximum absolute atomic E-state index is 12.7. The van der Waals surface area contributed by atoms with Crippen LogP contribution in [0.4, 0.5) is 11.4 Å². The molecule has 0 atom stereocenters. The SMILES string of the molecule is O=C(COC(=O)c1ccccc1NC(=O)c1ccccc1)Nc1ccccc1-c1ccccc1. The predicted octanol–water partition coefficient (Wildman–Crippen LogP) is 5.40. The number of ether oxygens (including phenoxy) is 1. The summed E-state index contributed by atoms with van der Waals surface area (Å²) in [6, 6.07) is 32.2. The van der Waals surface area contributed by atoms with E-state index in [4.69, 9.17) is 4.74 Å². The molecule has 0 spiro atoms. The zero-order valence-corrected chi connectivity index (χ0v) is 18.2. The normalized spacial score (nSPS) is 10.2. The van der Waals surface area contributed by atoms with Crippen molar-refractivity contribution in [1.29, 1.82) is 0 Å². The van der Waals surface area contributed by atoms with Gasteiger partial charge in [0.15, 0.2) is 6.61 Å². The molecule has 0 aliphatic heterocycles. The monoisotopic (exact) mass is 450 g/mol. The fraction of sp³-hybridized carbons (Fsp3) is 0.0357. The van der Waals surface area contributed by atoms with Gasteiger partial charge in [0.05, 0.1) is 11.3 Å². The number of anilines is 2. The molecule has 34 heavy (non-hydrogen) atoms. The summed E-state index contributed by atoms with van der Waals surface area (Å²) in [6.45, 7) is -0.469. The Labute approximate surface area is 197 Å². The average Bonchev–Trinajstić information content (AvgIpc) is 2.89. The average molecular weight is 450 g/mol. The Morgan fingerprint density at radius 3 is 1.94 bits per heavy atom. The summed E-state index contributed by atoms with van der Waals surface area (Å²) in [5.74, 6) is -1.53. The zero-order valence-electron chi connectivity index (χ0n) is 18.2. The summed E-state index contributed by atoms with van der Waals surface area (Å²) in [5, 5.41) is 5.52. The lowest BCUT2D eigenvalue weighted by atomic mass is 10.0. The molecule has 6 heteroatoms. The lowest BCUT2D eigenvalue weighted by molar-refractivity contribution is -0.119. The van der Waals surface area contributed by atoms with Gasteiger partial charge in [-0.25, -0.2) is 4.79 Å². The first-order valence-electron chi connectivity index (χ1n) is 10.7. The number of nitrogens with one attached hydrogen (secondary N) is 2. The van der Waals surface area contributed by atoms with E-state index in [0.29, 0.717) is 16.9 Å². The fourth-order valence-electron chi connectivity index (χ4n) is 3.41. The Morgan fingerprint density at radius 2 is 1.21 bits per heavy atom. The van der Waals surface area contributed by atoms with E-state index in [0.717, 1.165) is 11.1 Å². The number of rotatable bonds is 7. The van der Waals surface area contributed by atoms with Crippen LogP contribution in [0.3, 0.4) is 0 Å². The van der Waals surface area contributed by atoms with Crippen molar-refractivity contribution in [2.75, 3.05) is 17.2 Å². The lowest BCUT2D eigenvalue weighted by Crippen LogP contribution is -2.22. The number of benzene rings is 4. The maximum atomic E-state index is 12.7. The molecule has 4 rings (SSSR count). The Balaban J connectivity index is 1.40. The van der Waals surface area contributed by atoms with Crippen LogP contribution in [-0.4, -0.2) is 24.4 Å². The van der Waals surface area contributed by atoms with Crippen molar-refractivity contribution in [1.82, 2.24) is 0 Å². The molecule has 0 aliphatic carbocycles. The van der Waals surface area contributed by atoms with Gasteiger partial charge >= 0.3 is 5.97 Å². The highest BCUT2D eigenvalue weighted by Gasteiger charge is 2.17. The highest BCUT2D eigenvalue weighted by molar-refractivity contribution is 6.08. The van der Waals surface area contributed by atoms with Gasteiger partial charge in [0, 0.05) is 16.8 Å². The van der Waals surface area contributed by atoms with E-state index in [1.807, 2.05) is 54.6 Å². The second kappa shape index (κ2) is 10.7. The Kier molecular flexibility index (Phi) is 7.10. The Hall–Kier alpha value is -4.71. The van der Waals surface area contributed by atoms with Crippen molar-refractivity contribution in [3.63, 3.8) is 0 Å². The molecule has 0 unspecified atom stereocenters. The van der Waals surface area contributed by atoms with Crippen LogP contribution in [-0.2, 0) is 9.53 Å². The van der Waals surface area contributed by atoms with Gasteiger partial charge in [-0.15, -0.1) is 0 Å². The van der Waals surface area contributed by atoms with E-state index in [-0.39, 0.29) is 11.5 Å². The molecule has 0 saturated carbocycles. The number of amides is 2. The van der Waals surface area contributed by atoms with Crippen LogP contribution in [0.2, 0.25) is 0 Å². The molecule has 4 aromatic rings. The zero-order chi connectivity index (χ0) is 23.8. The first kappa shape index (κ1) is 22.5. The standard InChI is InChI=1S/C28H22N2O4/c31-26(29-24-17-9-7-15-22(24)20-11-3-1-4-12-20)19-34-28(33)23-16-8-10-18-25(23)30-27(32)21-13-5-2-6-14-21/h1-18H,19H2,(H,29,31)(H,30,32). The minimum atomic E-state index is -0.713. The van der Waals surface area contributed by atoms with E-state index >= 15 is 0 Å². The smallest absolute Gasteiger partial charge is 0.340 e. The van der Waals surface area contributed by atoms with E-state index in [9.17, 15) is 14.4 Å². The van der Waals surface area contributed by atoms with Crippen molar-refractivity contribution in [3.8, 4) is 11.1 Å². The van der Waals surface area contributed by atoms with Gasteiger partial charge in [-0.2, -0.15) is 0 Å².